The molecule has 3 rings (SSSR count). The van der Waals surface area contributed by atoms with Crippen LogP contribution in [0.4, 0.5) is 10.1 Å². The molecule has 0 spiro atoms. The maximum Gasteiger partial charge on any atom is 0.247 e. The number of carbonyl (C=O) groups is 2. The van der Waals surface area contributed by atoms with Gasteiger partial charge in [0.05, 0.1) is 11.5 Å². The molecule has 1 atom stereocenters. The minimum Gasteiger partial charge on any atom is -0.381 e. The first-order chi connectivity index (χ1) is 15.0. The fraction of sp³-hybridized carbons (Fsp3) is 0.417. The van der Waals surface area contributed by atoms with E-state index in [0.717, 1.165) is 18.4 Å². The molecule has 0 aromatic heterocycles. The summed E-state index contributed by atoms with van der Waals surface area (Å²) in [4.78, 5) is 26.4. The first-order valence-corrected chi connectivity index (χ1v) is 11.1. The van der Waals surface area contributed by atoms with Crippen LogP contribution in [0.1, 0.15) is 31.2 Å². The molecule has 0 bridgehead atoms. The molecule has 0 aliphatic heterocycles. The second kappa shape index (κ2) is 10.8. The van der Waals surface area contributed by atoms with Crippen molar-refractivity contribution < 1.29 is 18.7 Å². The molecule has 0 unspecified atom stereocenters. The number of carbonyl (C=O) groups excluding carboxylic acids is 2. The van der Waals surface area contributed by atoms with Crippen LogP contribution in [0.15, 0.2) is 54.6 Å². The molecular weight excluding hydrogens is 415 g/mol. The van der Waals surface area contributed by atoms with Crippen molar-refractivity contribution in [2.75, 3.05) is 18.2 Å². The maximum absolute atomic E-state index is 13.3. The highest BCUT2D eigenvalue weighted by atomic mass is 32.1. The zero-order chi connectivity index (χ0) is 22.3. The fourth-order valence-electron chi connectivity index (χ4n) is 3.97. The van der Waals surface area contributed by atoms with Crippen LogP contribution in [0, 0.1) is 11.2 Å². The molecule has 2 aromatic carbocycles. The monoisotopic (exact) mass is 444 g/mol. The van der Waals surface area contributed by atoms with Crippen LogP contribution < -0.4 is 10.6 Å². The van der Waals surface area contributed by atoms with Gasteiger partial charge in [-0.3, -0.25) is 9.59 Å². The lowest BCUT2D eigenvalue weighted by Gasteiger charge is -2.38. The lowest BCUT2D eigenvalue weighted by atomic mass is 9.73. The molecule has 0 saturated heterocycles. The summed E-state index contributed by atoms with van der Waals surface area (Å²) in [5, 5.41) is 5.76. The van der Waals surface area contributed by atoms with E-state index < -0.39 is 11.5 Å². The summed E-state index contributed by atoms with van der Waals surface area (Å²) in [7, 11) is 1.69. The summed E-state index contributed by atoms with van der Waals surface area (Å²) in [5.74, 6) is -0.474. The third-order valence-electron chi connectivity index (χ3n) is 6.02. The Kier molecular flexibility index (Phi) is 8.09. The van der Waals surface area contributed by atoms with Crippen molar-refractivity contribution in [3.63, 3.8) is 0 Å². The first-order valence-electron chi connectivity index (χ1n) is 10.5. The van der Waals surface area contributed by atoms with Gasteiger partial charge in [-0.2, -0.15) is 12.6 Å². The van der Waals surface area contributed by atoms with Crippen LogP contribution in [-0.4, -0.2) is 36.8 Å². The number of methoxy groups -OCH3 is 1. The Hall–Kier alpha value is -2.38. The molecule has 2 aromatic rings. The predicted octanol–water partition coefficient (Wildman–Crippen LogP) is 4.00. The Balaban J connectivity index is 1.76. The number of thiol groups is 1. The highest BCUT2D eigenvalue weighted by molar-refractivity contribution is 7.80. The number of amides is 2. The predicted molar refractivity (Wildman–Crippen MR) is 123 cm³/mol. The van der Waals surface area contributed by atoms with Gasteiger partial charge in [0.1, 0.15) is 11.9 Å². The van der Waals surface area contributed by atoms with E-state index in [1.54, 1.807) is 7.11 Å². The normalized spacial score (nSPS) is 21.8. The molecule has 1 fully saturated rings. The van der Waals surface area contributed by atoms with Gasteiger partial charge < -0.3 is 15.4 Å². The Morgan fingerprint density at radius 3 is 2.35 bits per heavy atom. The number of hydrogen-bond donors (Lipinski definition) is 3. The van der Waals surface area contributed by atoms with E-state index in [0.29, 0.717) is 30.7 Å². The molecule has 0 radical (unpaired) electrons. The zero-order valence-corrected chi connectivity index (χ0v) is 18.5. The molecule has 0 heterocycles. The fourth-order valence-corrected chi connectivity index (χ4v) is 4.43. The SMILES string of the molecule is CO[C@H]1CC[C@@](CS)(C(=O)N[C@@H](Cc2ccccc2)C(=O)Nc2ccc(F)cc2)CC1. The summed E-state index contributed by atoms with van der Waals surface area (Å²) in [6.45, 7) is 0. The summed E-state index contributed by atoms with van der Waals surface area (Å²) < 4.78 is 18.6. The highest BCUT2D eigenvalue weighted by Gasteiger charge is 2.42. The van der Waals surface area contributed by atoms with Gasteiger partial charge >= 0.3 is 0 Å². The molecule has 2 N–H and O–H groups in total. The van der Waals surface area contributed by atoms with Crippen LogP contribution in [-0.2, 0) is 20.7 Å². The maximum atomic E-state index is 13.3. The molecule has 31 heavy (non-hydrogen) atoms. The van der Waals surface area contributed by atoms with E-state index >= 15 is 0 Å². The summed E-state index contributed by atoms with van der Waals surface area (Å²) >= 11 is 4.47. The Labute approximate surface area is 188 Å². The molecule has 1 aliphatic carbocycles. The summed E-state index contributed by atoms with van der Waals surface area (Å²) in [5.41, 5.74) is 0.789. The molecule has 5 nitrogen and oxygen atoms in total. The molecular formula is C24H29FN2O3S. The van der Waals surface area contributed by atoms with Gasteiger partial charge in [0.2, 0.25) is 11.8 Å². The second-order valence-corrected chi connectivity index (χ2v) is 8.40. The van der Waals surface area contributed by atoms with Crippen LogP contribution in [0.25, 0.3) is 0 Å². The lowest BCUT2D eigenvalue weighted by Crippen LogP contribution is -2.53. The van der Waals surface area contributed by atoms with Crippen molar-refractivity contribution in [3.8, 4) is 0 Å². The Morgan fingerprint density at radius 2 is 1.77 bits per heavy atom. The van der Waals surface area contributed by atoms with Crippen molar-refractivity contribution >= 4 is 30.1 Å². The minimum atomic E-state index is -0.767. The highest BCUT2D eigenvalue weighted by Crippen LogP contribution is 2.38. The van der Waals surface area contributed by atoms with E-state index in [-0.39, 0.29) is 23.7 Å². The van der Waals surface area contributed by atoms with Crippen LogP contribution >= 0.6 is 12.6 Å². The molecule has 1 aliphatic rings. The van der Waals surface area contributed by atoms with E-state index in [2.05, 4.69) is 23.3 Å². The number of rotatable bonds is 8. The van der Waals surface area contributed by atoms with Gasteiger partial charge in [-0.05, 0) is 55.5 Å². The van der Waals surface area contributed by atoms with E-state index in [1.165, 1.54) is 24.3 Å². The molecule has 2 amide bonds. The van der Waals surface area contributed by atoms with E-state index in [4.69, 9.17) is 4.74 Å². The van der Waals surface area contributed by atoms with Crippen molar-refractivity contribution in [2.45, 2.75) is 44.2 Å². The first kappa shape index (κ1) is 23.3. The van der Waals surface area contributed by atoms with Gasteiger partial charge in [0, 0.05) is 25.0 Å². The van der Waals surface area contributed by atoms with E-state index in [1.807, 2.05) is 30.3 Å². The zero-order valence-electron chi connectivity index (χ0n) is 17.6. The van der Waals surface area contributed by atoms with Crippen molar-refractivity contribution in [2.24, 2.45) is 5.41 Å². The van der Waals surface area contributed by atoms with Gasteiger partial charge in [0.15, 0.2) is 0 Å². The molecule has 1 saturated carbocycles. The van der Waals surface area contributed by atoms with Gasteiger partial charge in [-0.15, -0.1) is 0 Å². The quantitative estimate of drug-likeness (QED) is 0.539. The molecule has 166 valence electrons. The lowest BCUT2D eigenvalue weighted by molar-refractivity contribution is -0.136. The third-order valence-corrected chi connectivity index (χ3v) is 6.63. The summed E-state index contributed by atoms with van der Waals surface area (Å²) in [6.07, 6.45) is 3.41. The average molecular weight is 445 g/mol. The van der Waals surface area contributed by atoms with Crippen molar-refractivity contribution in [3.05, 3.63) is 66.0 Å². The number of benzene rings is 2. The van der Waals surface area contributed by atoms with Gasteiger partial charge in [0.25, 0.3) is 0 Å². The Morgan fingerprint density at radius 1 is 1.13 bits per heavy atom. The number of hydrogen-bond acceptors (Lipinski definition) is 4. The van der Waals surface area contributed by atoms with Crippen LogP contribution in [0.3, 0.4) is 0 Å². The van der Waals surface area contributed by atoms with Crippen LogP contribution in [0.5, 0.6) is 0 Å². The van der Waals surface area contributed by atoms with Crippen LogP contribution in [0.2, 0.25) is 0 Å². The number of anilines is 1. The van der Waals surface area contributed by atoms with Crippen molar-refractivity contribution in [1.29, 1.82) is 0 Å². The van der Waals surface area contributed by atoms with Crippen molar-refractivity contribution in [1.82, 2.24) is 5.32 Å². The molecule has 7 heteroatoms. The largest absolute Gasteiger partial charge is 0.381 e. The third kappa shape index (κ3) is 6.08. The number of ether oxygens (including phenoxy) is 1. The second-order valence-electron chi connectivity index (χ2n) is 8.09. The van der Waals surface area contributed by atoms with Gasteiger partial charge in [-0.1, -0.05) is 30.3 Å². The van der Waals surface area contributed by atoms with E-state index in [9.17, 15) is 14.0 Å². The number of nitrogens with one attached hydrogen (secondary N) is 2. The topological polar surface area (TPSA) is 67.4 Å². The standard InChI is InChI=1S/C24H29FN2O3S/c1-30-20-11-13-24(16-31,14-12-20)23(29)27-21(15-17-5-3-2-4-6-17)22(28)26-19-9-7-18(25)8-10-19/h2-10,20-21,31H,11-16H2,1H3,(H,26,28)(H,27,29)/t20-,21-,24+/m0/s1. The number of halogens is 1. The summed E-state index contributed by atoms with van der Waals surface area (Å²) in [6, 6.07) is 14.3. The van der Waals surface area contributed by atoms with Gasteiger partial charge in [-0.25, -0.2) is 4.39 Å². The minimum absolute atomic E-state index is 0.155. The Bertz CT molecular complexity index is 868. The smallest absolute Gasteiger partial charge is 0.247 e. The average Bonchev–Trinajstić information content (AvgIpc) is 2.80.